The molecule has 2 N–H and O–H groups in total. The molecule has 0 fully saturated rings. The summed E-state index contributed by atoms with van der Waals surface area (Å²) in [6.45, 7) is 1.68. The van der Waals surface area contributed by atoms with E-state index < -0.39 is 22.0 Å². The Bertz CT molecular complexity index is 710. The van der Waals surface area contributed by atoms with Crippen molar-refractivity contribution < 1.29 is 18.3 Å². The van der Waals surface area contributed by atoms with Gasteiger partial charge in [0.1, 0.15) is 9.77 Å². The van der Waals surface area contributed by atoms with Crippen molar-refractivity contribution in [3.63, 3.8) is 0 Å². The smallest absolute Gasteiger partial charge is 0.347 e. The van der Waals surface area contributed by atoms with E-state index in [-0.39, 0.29) is 9.77 Å². The number of rotatable bonds is 5. The van der Waals surface area contributed by atoms with Gasteiger partial charge in [0.2, 0.25) is 10.0 Å². The first kappa shape index (κ1) is 14.6. The summed E-state index contributed by atoms with van der Waals surface area (Å²) in [6, 6.07) is 4.19. The minimum Gasteiger partial charge on any atom is -0.477 e. The van der Waals surface area contributed by atoms with Crippen LogP contribution in [0, 0.1) is 0 Å². The number of carboxylic acids is 1. The number of nitrogens with one attached hydrogen (secondary N) is 1. The summed E-state index contributed by atoms with van der Waals surface area (Å²) in [5.74, 6) is -1.25. The summed E-state index contributed by atoms with van der Waals surface area (Å²) >= 11 is 0.879. The maximum Gasteiger partial charge on any atom is 0.347 e. The molecule has 0 spiro atoms. The van der Waals surface area contributed by atoms with Crippen LogP contribution in [0.15, 0.2) is 40.9 Å². The molecule has 0 amide bonds. The standard InChI is InChI=1S/C12H12N2O4S2/c1-8(9-2-5-13-6-3-9)14-20(17,18)10-4-7-19-11(10)12(15)16/h2-8,14H,1H3,(H,15,16). The number of aromatic carboxylic acids is 1. The van der Waals surface area contributed by atoms with E-state index in [1.807, 2.05) is 0 Å². The molecule has 0 bridgehead atoms. The van der Waals surface area contributed by atoms with Crippen LogP contribution in [0.4, 0.5) is 0 Å². The lowest BCUT2D eigenvalue weighted by Crippen LogP contribution is -2.27. The van der Waals surface area contributed by atoms with Crippen molar-refractivity contribution in [2.45, 2.75) is 17.9 Å². The highest BCUT2D eigenvalue weighted by Gasteiger charge is 2.25. The summed E-state index contributed by atoms with van der Waals surface area (Å²) in [5, 5.41) is 10.4. The van der Waals surface area contributed by atoms with Crippen molar-refractivity contribution in [3.8, 4) is 0 Å². The Kier molecular flexibility index (Phi) is 4.17. The second-order valence-corrected chi connectivity index (χ2v) is 6.64. The first-order valence-corrected chi connectivity index (χ1v) is 8.01. The summed E-state index contributed by atoms with van der Waals surface area (Å²) in [6.07, 6.45) is 3.13. The van der Waals surface area contributed by atoms with Gasteiger partial charge in [0.25, 0.3) is 0 Å². The third kappa shape index (κ3) is 3.03. The van der Waals surface area contributed by atoms with Crippen LogP contribution in [0.5, 0.6) is 0 Å². The van der Waals surface area contributed by atoms with Gasteiger partial charge in [0, 0.05) is 18.4 Å². The molecule has 0 aromatic carbocycles. The molecule has 0 saturated carbocycles. The maximum absolute atomic E-state index is 12.2. The molecular weight excluding hydrogens is 300 g/mol. The van der Waals surface area contributed by atoms with Gasteiger partial charge in [-0.3, -0.25) is 4.98 Å². The fraction of sp³-hybridized carbons (Fsp3) is 0.167. The van der Waals surface area contributed by atoms with E-state index in [0.29, 0.717) is 0 Å². The highest BCUT2D eigenvalue weighted by atomic mass is 32.2. The first-order chi connectivity index (χ1) is 9.42. The second kappa shape index (κ2) is 5.70. The topological polar surface area (TPSA) is 96.4 Å². The highest BCUT2D eigenvalue weighted by molar-refractivity contribution is 7.89. The quantitative estimate of drug-likeness (QED) is 0.878. The molecular formula is C12H12N2O4S2. The molecule has 0 aliphatic rings. The minimum atomic E-state index is -3.88. The number of nitrogens with zero attached hydrogens (tertiary/aromatic N) is 1. The molecule has 2 aromatic rings. The lowest BCUT2D eigenvalue weighted by atomic mass is 10.1. The molecule has 20 heavy (non-hydrogen) atoms. The van der Waals surface area contributed by atoms with Gasteiger partial charge in [-0.05, 0) is 36.1 Å². The van der Waals surface area contributed by atoms with Crippen molar-refractivity contribution >= 4 is 27.3 Å². The average molecular weight is 312 g/mol. The summed E-state index contributed by atoms with van der Waals surface area (Å²) in [7, 11) is -3.88. The number of carboxylic acid groups (broad SMARTS) is 1. The van der Waals surface area contributed by atoms with Crippen LogP contribution in [0.2, 0.25) is 0 Å². The Morgan fingerprint density at radius 2 is 2.00 bits per heavy atom. The Balaban J connectivity index is 2.28. The number of aromatic nitrogens is 1. The predicted octanol–water partition coefficient (Wildman–Crippen LogP) is 1.88. The summed E-state index contributed by atoms with van der Waals surface area (Å²) in [4.78, 5) is 14.4. The monoisotopic (exact) mass is 312 g/mol. The van der Waals surface area contributed by atoms with Crippen LogP contribution in [0.3, 0.4) is 0 Å². The fourth-order valence-electron chi connectivity index (χ4n) is 1.68. The molecule has 8 heteroatoms. The third-order valence-corrected chi connectivity index (χ3v) is 5.27. The SMILES string of the molecule is CC(NS(=O)(=O)c1ccsc1C(=O)O)c1ccncc1. The van der Waals surface area contributed by atoms with Gasteiger partial charge >= 0.3 is 5.97 Å². The lowest BCUT2D eigenvalue weighted by molar-refractivity contribution is 0.0698. The van der Waals surface area contributed by atoms with Crippen molar-refractivity contribution in [1.29, 1.82) is 0 Å². The van der Waals surface area contributed by atoms with Crippen molar-refractivity contribution in [2.75, 3.05) is 0 Å². The zero-order valence-corrected chi connectivity index (χ0v) is 12.1. The summed E-state index contributed by atoms with van der Waals surface area (Å²) < 4.78 is 26.9. The average Bonchev–Trinajstić information content (AvgIpc) is 2.89. The van der Waals surface area contributed by atoms with E-state index in [1.54, 1.807) is 31.5 Å². The van der Waals surface area contributed by atoms with E-state index in [4.69, 9.17) is 5.11 Å². The van der Waals surface area contributed by atoms with Gasteiger partial charge in [-0.2, -0.15) is 0 Å². The predicted molar refractivity (Wildman–Crippen MR) is 74.3 cm³/mol. The van der Waals surface area contributed by atoms with Crippen molar-refractivity contribution in [2.24, 2.45) is 0 Å². The molecule has 6 nitrogen and oxygen atoms in total. The number of hydrogen-bond acceptors (Lipinski definition) is 5. The molecule has 2 heterocycles. The fourth-order valence-corrected chi connectivity index (χ4v) is 4.17. The number of sulfonamides is 1. The molecule has 2 aromatic heterocycles. The van der Waals surface area contributed by atoms with Crippen LogP contribution < -0.4 is 4.72 Å². The van der Waals surface area contributed by atoms with E-state index in [9.17, 15) is 13.2 Å². The number of thiophene rings is 1. The molecule has 0 radical (unpaired) electrons. The summed E-state index contributed by atoms with van der Waals surface area (Å²) in [5.41, 5.74) is 0.746. The normalized spacial score (nSPS) is 13.1. The van der Waals surface area contributed by atoms with Gasteiger partial charge < -0.3 is 5.11 Å². The van der Waals surface area contributed by atoms with Crippen LogP contribution in [-0.4, -0.2) is 24.5 Å². The van der Waals surface area contributed by atoms with Crippen LogP contribution in [0.25, 0.3) is 0 Å². The molecule has 0 aliphatic carbocycles. The number of hydrogen-bond donors (Lipinski definition) is 2. The van der Waals surface area contributed by atoms with Crippen LogP contribution in [-0.2, 0) is 10.0 Å². The van der Waals surface area contributed by atoms with E-state index >= 15 is 0 Å². The second-order valence-electron chi connectivity index (χ2n) is 4.04. The zero-order valence-electron chi connectivity index (χ0n) is 10.5. The van der Waals surface area contributed by atoms with E-state index in [1.165, 1.54) is 11.4 Å². The molecule has 1 unspecified atom stereocenters. The van der Waals surface area contributed by atoms with Gasteiger partial charge in [-0.25, -0.2) is 17.9 Å². The van der Waals surface area contributed by atoms with Gasteiger partial charge in [-0.15, -0.1) is 11.3 Å². The molecule has 1 atom stereocenters. The third-order valence-electron chi connectivity index (χ3n) is 2.65. The maximum atomic E-state index is 12.2. The van der Waals surface area contributed by atoms with Crippen LogP contribution >= 0.6 is 11.3 Å². The van der Waals surface area contributed by atoms with E-state index in [0.717, 1.165) is 16.9 Å². The van der Waals surface area contributed by atoms with Gasteiger partial charge in [0.05, 0.1) is 0 Å². The van der Waals surface area contributed by atoms with Crippen LogP contribution in [0.1, 0.15) is 28.2 Å². The van der Waals surface area contributed by atoms with E-state index in [2.05, 4.69) is 9.71 Å². The number of carbonyl (C=O) groups is 1. The van der Waals surface area contributed by atoms with Gasteiger partial charge in [0.15, 0.2) is 0 Å². The Morgan fingerprint density at radius 3 is 2.60 bits per heavy atom. The Labute approximate surface area is 120 Å². The molecule has 106 valence electrons. The minimum absolute atomic E-state index is 0.195. The van der Waals surface area contributed by atoms with Crippen molar-refractivity contribution in [3.05, 3.63) is 46.4 Å². The first-order valence-electron chi connectivity index (χ1n) is 5.65. The Morgan fingerprint density at radius 1 is 1.35 bits per heavy atom. The zero-order chi connectivity index (χ0) is 14.8. The van der Waals surface area contributed by atoms with Crippen molar-refractivity contribution in [1.82, 2.24) is 9.71 Å². The van der Waals surface area contributed by atoms with Gasteiger partial charge in [-0.1, -0.05) is 0 Å². The molecule has 0 aliphatic heterocycles. The highest BCUT2D eigenvalue weighted by Crippen LogP contribution is 2.23. The number of pyridine rings is 1. The Hall–Kier alpha value is -1.77. The lowest BCUT2D eigenvalue weighted by Gasteiger charge is -2.14. The largest absolute Gasteiger partial charge is 0.477 e. The molecule has 0 saturated heterocycles. The molecule has 2 rings (SSSR count).